The molecule has 30 heavy (non-hydrogen) atoms. The largest absolute Gasteiger partial charge is 0.339 e. The zero-order chi connectivity index (χ0) is 20.3. The Morgan fingerprint density at radius 2 is 1.83 bits per heavy atom. The molecule has 5 rings (SSSR count). The molecule has 0 atom stereocenters. The minimum absolute atomic E-state index is 0.539. The summed E-state index contributed by atoms with van der Waals surface area (Å²) in [7, 11) is 0. The molecule has 0 bridgehead atoms. The summed E-state index contributed by atoms with van der Waals surface area (Å²) >= 11 is 7.65. The fourth-order valence-electron chi connectivity index (χ4n) is 3.26. The Kier molecular flexibility index (Phi) is 5.55. The maximum Gasteiger partial charge on any atom is 0.226 e. The first-order valence-electron chi connectivity index (χ1n) is 10.00. The molecule has 1 saturated carbocycles. The Balaban J connectivity index is 1.21. The second-order valence-electron chi connectivity index (χ2n) is 7.26. The molecule has 8 heteroatoms. The van der Waals surface area contributed by atoms with Crippen LogP contribution in [0.3, 0.4) is 0 Å². The van der Waals surface area contributed by atoms with Gasteiger partial charge in [-0.15, -0.1) is 10.2 Å². The summed E-state index contributed by atoms with van der Waals surface area (Å²) in [6.45, 7) is 0. The van der Waals surface area contributed by atoms with Gasteiger partial charge in [0.15, 0.2) is 5.16 Å². The van der Waals surface area contributed by atoms with E-state index in [1.165, 1.54) is 12.8 Å². The van der Waals surface area contributed by atoms with Gasteiger partial charge >= 0.3 is 0 Å². The molecule has 0 radical (unpaired) electrons. The molecule has 0 spiro atoms. The van der Waals surface area contributed by atoms with Gasteiger partial charge in [-0.25, -0.2) is 0 Å². The van der Waals surface area contributed by atoms with Crippen LogP contribution < -0.4 is 0 Å². The summed E-state index contributed by atoms with van der Waals surface area (Å²) in [5.41, 5.74) is 2.02. The molecule has 0 unspecified atom stereocenters. The maximum absolute atomic E-state index is 5.93. The average molecular weight is 438 g/mol. The first kappa shape index (κ1) is 19.3. The fraction of sp³-hybridized carbons (Fsp3) is 0.273. The van der Waals surface area contributed by atoms with E-state index in [-0.39, 0.29) is 0 Å². The number of aromatic nitrogens is 5. The third-order valence-electron chi connectivity index (χ3n) is 4.95. The molecule has 6 nitrogen and oxygen atoms in total. The fourth-order valence-corrected chi connectivity index (χ4v) is 4.28. The molecular weight excluding hydrogens is 418 g/mol. The maximum atomic E-state index is 5.93. The number of hydrogen-bond donors (Lipinski definition) is 0. The zero-order valence-corrected chi connectivity index (χ0v) is 17.8. The highest BCUT2D eigenvalue weighted by molar-refractivity contribution is 7.99. The van der Waals surface area contributed by atoms with Crippen LogP contribution in [0.2, 0.25) is 5.02 Å². The molecule has 0 saturated heterocycles. The SMILES string of the molecule is Clc1ccc(-c2noc(CCCSc3nnc(C4CC4)n3-c3ccccc3)n2)cc1. The predicted octanol–water partition coefficient (Wildman–Crippen LogP) is 5.57. The van der Waals surface area contributed by atoms with E-state index in [9.17, 15) is 0 Å². The first-order valence-corrected chi connectivity index (χ1v) is 11.4. The lowest BCUT2D eigenvalue weighted by atomic mass is 10.2. The standard InChI is InChI=1S/C22H20ClN5OS/c23-17-12-10-15(11-13-17)20-24-19(29-27-20)7-4-14-30-22-26-25-21(16-8-9-16)28(22)18-5-2-1-3-6-18/h1-3,5-6,10-13,16H,4,7-9,14H2. The summed E-state index contributed by atoms with van der Waals surface area (Å²) in [6.07, 6.45) is 4.03. The minimum Gasteiger partial charge on any atom is -0.339 e. The number of nitrogens with zero attached hydrogens (tertiary/aromatic N) is 5. The van der Waals surface area contributed by atoms with Gasteiger partial charge in [0, 0.05) is 34.4 Å². The molecule has 1 fully saturated rings. The van der Waals surface area contributed by atoms with Gasteiger partial charge in [0.05, 0.1) is 0 Å². The van der Waals surface area contributed by atoms with Gasteiger partial charge in [-0.05, 0) is 55.7 Å². The quantitative estimate of drug-likeness (QED) is 0.265. The van der Waals surface area contributed by atoms with Crippen molar-refractivity contribution in [1.29, 1.82) is 0 Å². The molecule has 4 aromatic rings. The molecule has 1 aliphatic rings. The molecular formula is C22H20ClN5OS. The normalized spacial score (nSPS) is 13.6. The Labute approximate surface area is 183 Å². The van der Waals surface area contributed by atoms with Crippen molar-refractivity contribution in [3.8, 4) is 17.1 Å². The van der Waals surface area contributed by atoms with Crippen molar-refractivity contribution >= 4 is 23.4 Å². The Morgan fingerprint density at radius 3 is 2.60 bits per heavy atom. The van der Waals surface area contributed by atoms with Gasteiger partial charge < -0.3 is 4.52 Å². The monoisotopic (exact) mass is 437 g/mol. The van der Waals surface area contributed by atoms with E-state index in [1.54, 1.807) is 11.8 Å². The topological polar surface area (TPSA) is 69.6 Å². The highest BCUT2D eigenvalue weighted by Crippen LogP contribution is 2.41. The lowest BCUT2D eigenvalue weighted by molar-refractivity contribution is 0.378. The number of para-hydroxylation sites is 1. The van der Waals surface area contributed by atoms with Crippen LogP contribution in [0.5, 0.6) is 0 Å². The van der Waals surface area contributed by atoms with E-state index in [4.69, 9.17) is 16.1 Å². The summed E-state index contributed by atoms with van der Waals surface area (Å²) < 4.78 is 7.60. The average Bonchev–Trinajstić information content (AvgIpc) is 3.36. The third kappa shape index (κ3) is 4.27. The molecule has 0 N–H and O–H groups in total. The Morgan fingerprint density at radius 1 is 1.03 bits per heavy atom. The van der Waals surface area contributed by atoms with Crippen molar-refractivity contribution in [3.05, 3.63) is 71.3 Å². The van der Waals surface area contributed by atoms with Crippen LogP contribution >= 0.6 is 23.4 Å². The van der Waals surface area contributed by atoms with Crippen molar-refractivity contribution in [2.75, 3.05) is 5.75 Å². The summed E-state index contributed by atoms with van der Waals surface area (Å²) in [6, 6.07) is 17.8. The number of thioether (sulfide) groups is 1. The van der Waals surface area contributed by atoms with E-state index in [0.29, 0.717) is 22.7 Å². The van der Waals surface area contributed by atoms with Gasteiger partial charge in [-0.2, -0.15) is 4.98 Å². The van der Waals surface area contributed by atoms with Crippen LogP contribution in [0.15, 0.2) is 64.3 Å². The lowest BCUT2D eigenvalue weighted by Crippen LogP contribution is -2.02. The van der Waals surface area contributed by atoms with Gasteiger partial charge in [0.1, 0.15) is 5.82 Å². The number of aryl methyl sites for hydroxylation is 1. The van der Waals surface area contributed by atoms with Gasteiger partial charge in [0.2, 0.25) is 11.7 Å². The van der Waals surface area contributed by atoms with Gasteiger partial charge in [0.25, 0.3) is 0 Å². The van der Waals surface area contributed by atoms with Crippen LogP contribution in [0.4, 0.5) is 0 Å². The molecule has 152 valence electrons. The van der Waals surface area contributed by atoms with E-state index in [1.807, 2.05) is 42.5 Å². The van der Waals surface area contributed by atoms with Crippen LogP contribution in [-0.2, 0) is 6.42 Å². The number of halogens is 1. The van der Waals surface area contributed by atoms with Crippen molar-refractivity contribution in [2.45, 2.75) is 36.8 Å². The lowest BCUT2D eigenvalue weighted by Gasteiger charge is -2.09. The second kappa shape index (κ2) is 8.62. The van der Waals surface area contributed by atoms with Crippen molar-refractivity contribution in [3.63, 3.8) is 0 Å². The van der Waals surface area contributed by atoms with E-state index >= 15 is 0 Å². The predicted molar refractivity (Wildman–Crippen MR) is 117 cm³/mol. The third-order valence-corrected chi connectivity index (χ3v) is 6.22. The highest BCUT2D eigenvalue weighted by Gasteiger charge is 2.30. The smallest absolute Gasteiger partial charge is 0.226 e. The number of benzene rings is 2. The zero-order valence-electron chi connectivity index (χ0n) is 16.2. The summed E-state index contributed by atoms with van der Waals surface area (Å²) in [4.78, 5) is 4.49. The van der Waals surface area contributed by atoms with Gasteiger partial charge in [-0.3, -0.25) is 4.57 Å². The molecule has 1 aliphatic carbocycles. The highest BCUT2D eigenvalue weighted by atomic mass is 35.5. The number of rotatable bonds is 8. The van der Waals surface area contributed by atoms with E-state index < -0.39 is 0 Å². The van der Waals surface area contributed by atoms with Crippen molar-refractivity contribution in [2.24, 2.45) is 0 Å². The van der Waals surface area contributed by atoms with Crippen LogP contribution in [0.1, 0.15) is 36.9 Å². The molecule has 0 amide bonds. The molecule has 2 aromatic heterocycles. The van der Waals surface area contributed by atoms with Crippen LogP contribution in [0, 0.1) is 0 Å². The summed E-state index contributed by atoms with van der Waals surface area (Å²) in [5.74, 6) is 3.75. The number of hydrogen-bond acceptors (Lipinski definition) is 6. The Hall–Kier alpha value is -2.64. The van der Waals surface area contributed by atoms with Crippen molar-refractivity contribution in [1.82, 2.24) is 24.9 Å². The first-order chi connectivity index (χ1) is 14.8. The van der Waals surface area contributed by atoms with Crippen LogP contribution in [0.25, 0.3) is 17.1 Å². The molecule has 0 aliphatic heterocycles. The van der Waals surface area contributed by atoms with Crippen LogP contribution in [-0.4, -0.2) is 30.7 Å². The van der Waals surface area contributed by atoms with Crippen molar-refractivity contribution < 1.29 is 4.52 Å². The summed E-state index contributed by atoms with van der Waals surface area (Å²) in [5, 5.41) is 14.6. The minimum atomic E-state index is 0.539. The second-order valence-corrected chi connectivity index (χ2v) is 8.76. The molecule has 2 heterocycles. The van der Waals surface area contributed by atoms with Gasteiger partial charge in [-0.1, -0.05) is 46.7 Å². The van der Waals surface area contributed by atoms with E-state index in [2.05, 4.69) is 37.0 Å². The Bertz CT molecular complexity index is 1120. The molecule has 2 aromatic carbocycles. The van der Waals surface area contributed by atoms with E-state index in [0.717, 1.165) is 40.8 Å².